The van der Waals surface area contributed by atoms with Crippen molar-refractivity contribution in [1.29, 1.82) is 0 Å². The average molecular weight is 579 g/mol. The minimum Gasteiger partial charge on any atom is -0.508 e. The standard InChI is InChI=1S/C31H34N2O9/c1-41-23-5-2-15(14-33-6-8-42-9-7-33)10-19(23)18-3-4-21(34)25-20(18)12-16-11-17-13-22(35)26(30(32)39)29(38)31(17,40)28(37)24(16)27(25)36/h2-5,10,16-17,22,26,34-35,37,40H,6-9,11-14H2,1H3,(H2,32,39)/t16-,17+,22?,26?,31+/m1/s1. The fourth-order valence-electron chi connectivity index (χ4n) is 7.26. The highest BCUT2D eigenvalue weighted by atomic mass is 16.5. The van der Waals surface area contributed by atoms with Gasteiger partial charge >= 0.3 is 0 Å². The number of phenols is 1. The van der Waals surface area contributed by atoms with Gasteiger partial charge in [-0.15, -0.1) is 0 Å². The highest BCUT2D eigenvalue weighted by Gasteiger charge is 2.62. The van der Waals surface area contributed by atoms with Crippen LogP contribution < -0.4 is 10.5 Å². The van der Waals surface area contributed by atoms with Crippen LogP contribution in [0, 0.1) is 17.8 Å². The number of aliphatic hydroxyl groups is 3. The van der Waals surface area contributed by atoms with Gasteiger partial charge in [0.15, 0.2) is 17.2 Å². The molecule has 2 fully saturated rings. The number of carbonyl (C=O) groups is 3. The van der Waals surface area contributed by atoms with Gasteiger partial charge in [0, 0.05) is 36.7 Å². The fraction of sp³-hybridized carbons (Fsp3) is 0.452. The molecule has 11 nitrogen and oxygen atoms in total. The minimum atomic E-state index is -2.54. The van der Waals surface area contributed by atoms with Gasteiger partial charge < -0.3 is 35.6 Å². The van der Waals surface area contributed by atoms with Crippen molar-refractivity contribution in [1.82, 2.24) is 4.90 Å². The molecule has 2 aromatic carbocycles. The van der Waals surface area contributed by atoms with E-state index < -0.39 is 52.7 Å². The normalized spacial score (nSPS) is 29.5. The van der Waals surface area contributed by atoms with Gasteiger partial charge in [0.2, 0.25) is 5.91 Å². The van der Waals surface area contributed by atoms with E-state index in [2.05, 4.69) is 4.90 Å². The van der Waals surface area contributed by atoms with Crippen LogP contribution in [-0.2, 0) is 27.3 Å². The third-order valence-electron chi connectivity index (χ3n) is 9.34. The third-order valence-corrected chi connectivity index (χ3v) is 9.34. The van der Waals surface area contributed by atoms with Gasteiger partial charge in [-0.1, -0.05) is 12.1 Å². The number of hydrogen-bond donors (Lipinski definition) is 5. The van der Waals surface area contributed by atoms with Crippen LogP contribution in [0.2, 0.25) is 0 Å². The summed E-state index contributed by atoms with van der Waals surface area (Å²) in [5.74, 6) is -6.76. The first-order valence-corrected chi connectivity index (χ1v) is 14.1. The molecule has 3 aliphatic carbocycles. The number of nitrogens with zero attached hydrogens (tertiary/aromatic N) is 1. The summed E-state index contributed by atoms with van der Waals surface area (Å²) in [5.41, 5.74) is 5.62. The Kier molecular flexibility index (Phi) is 7.09. The topological polar surface area (TPSA) is 180 Å². The lowest BCUT2D eigenvalue weighted by atomic mass is 9.57. The molecule has 1 amide bonds. The van der Waals surface area contributed by atoms with Crippen molar-refractivity contribution in [2.24, 2.45) is 23.5 Å². The molecule has 6 N–H and O–H groups in total. The molecule has 1 heterocycles. The molecule has 0 bridgehead atoms. The molecule has 4 aliphatic rings. The predicted molar refractivity (Wildman–Crippen MR) is 149 cm³/mol. The summed E-state index contributed by atoms with van der Waals surface area (Å²) in [6.45, 7) is 3.67. The van der Waals surface area contributed by atoms with E-state index >= 15 is 0 Å². The molecule has 1 saturated carbocycles. The van der Waals surface area contributed by atoms with E-state index in [0.29, 0.717) is 36.6 Å². The lowest BCUT2D eigenvalue weighted by Crippen LogP contribution is -2.63. The zero-order chi connectivity index (χ0) is 29.9. The Balaban J connectivity index is 1.44. The van der Waals surface area contributed by atoms with Gasteiger partial charge in [0.25, 0.3) is 0 Å². The van der Waals surface area contributed by atoms with Crippen molar-refractivity contribution in [3.8, 4) is 22.6 Å². The number of fused-ring (bicyclic) bond motifs is 3. The van der Waals surface area contributed by atoms with Crippen LogP contribution in [0.5, 0.6) is 11.5 Å². The summed E-state index contributed by atoms with van der Waals surface area (Å²) < 4.78 is 11.1. The second-order valence-electron chi connectivity index (χ2n) is 11.6. The van der Waals surface area contributed by atoms with E-state index in [0.717, 1.165) is 24.2 Å². The van der Waals surface area contributed by atoms with E-state index in [1.54, 1.807) is 13.2 Å². The zero-order valence-corrected chi connectivity index (χ0v) is 23.2. The van der Waals surface area contributed by atoms with E-state index in [9.17, 15) is 34.8 Å². The maximum atomic E-state index is 14.0. The molecular weight excluding hydrogens is 544 g/mol. The second-order valence-corrected chi connectivity index (χ2v) is 11.6. The molecule has 1 aliphatic heterocycles. The van der Waals surface area contributed by atoms with Crippen LogP contribution in [-0.4, -0.2) is 87.9 Å². The van der Waals surface area contributed by atoms with E-state index in [1.807, 2.05) is 18.2 Å². The van der Waals surface area contributed by atoms with Gasteiger partial charge in [-0.05, 0) is 60.1 Å². The monoisotopic (exact) mass is 578 g/mol. The molecule has 0 aromatic heterocycles. The summed E-state index contributed by atoms with van der Waals surface area (Å²) in [6.07, 6.45) is -1.26. The Morgan fingerprint density at radius 2 is 1.86 bits per heavy atom. The largest absolute Gasteiger partial charge is 0.508 e. The number of morpholine rings is 1. The highest BCUT2D eigenvalue weighted by molar-refractivity contribution is 6.16. The number of hydrogen-bond acceptors (Lipinski definition) is 10. The highest BCUT2D eigenvalue weighted by Crippen LogP contribution is 2.53. The Bertz CT molecular complexity index is 1510. The Morgan fingerprint density at radius 1 is 1.12 bits per heavy atom. The van der Waals surface area contributed by atoms with Gasteiger partial charge in [-0.2, -0.15) is 0 Å². The number of ether oxygens (including phenoxy) is 2. The second kappa shape index (κ2) is 10.5. The molecule has 0 spiro atoms. The van der Waals surface area contributed by atoms with Crippen LogP contribution in [0.15, 0.2) is 41.7 Å². The maximum absolute atomic E-state index is 14.0. The molecule has 1 saturated heterocycles. The lowest BCUT2D eigenvalue weighted by Gasteiger charge is -2.48. The summed E-state index contributed by atoms with van der Waals surface area (Å²) in [5, 5.41) is 44.2. The number of carbonyl (C=O) groups excluding carboxylic acids is 3. The zero-order valence-electron chi connectivity index (χ0n) is 23.2. The summed E-state index contributed by atoms with van der Waals surface area (Å²) in [7, 11) is 1.56. The first-order valence-electron chi connectivity index (χ1n) is 14.1. The smallest absolute Gasteiger partial charge is 0.230 e. The molecule has 222 valence electrons. The van der Waals surface area contributed by atoms with Crippen molar-refractivity contribution < 1.29 is 44.3 Å². The SMILES string of the molecule is COc1ccc(CN2CCOCC2)cc1-c1ccc(O)c2c1C[C@H]1C[C@H]3CC(O)C(C(N)=O)C(=O)[C@@]3(O)C(O)=C1C2=O. The number of methoxy groups -OCH3 is 1. The fourth-order valence-corrected chi connectivity index (χ4v) is 7.26. The van der Waals surface area contributed by atoms with Gasteiger partial charge in [-0.3, -0.25) is 19.3 Å². The van der Waals surface area contributed by atoms with Gasteiger partial charge in [0.1, 0.15) is 23.2 Å². The number of aliphatic hydroxyl groups excluding tert-OH is 2. The third kappa shape index (κ3) is 4.30. The number of benzene rings is 2. The number of primary amides is 1. The van der Waals surface area contributed by atoms with Gasteiger partial charge in [0.05, 0.1) is 32.0 Å². The van der Waals surface area contributed by atoms with E-state index in [-0.39, 0.29) is 36.1 Å². The molecule has 2 unspecified atom stereocenters. The van der Waals surface area contributed by atoms with Crippen LogP contribution in [0.3, 0.4) is 0 Å². The number of allylic oxidation sites excluding steroid dienone is 1. The number of amides is 1. The van der Waals surface area contributed by atoms with E-state index in [4.69, 9.17) is 15.2 Å². The number of aromatic hydroxyl groups is 1. The van der Waals surface area contributed by atoms with Crippen LogP contribution in [0.25, 0.3) is 11.1 Å². The van der Waals surface area contributed by atoms with Crippen molar-refractivity contribution in [3.05, 3.63) is 58.4 Å². The maximum Gasteiger partial charge on any atom is 0.230 e. The Labute approximate surface area is 242 Å². The first kappa shape index (κ1) is 28.4. The number of ketones is 2. The summed E-state index contributed by atoms with van der Waals surface area (Å²) in [6, 6.07) is 9.01. The average Bonchev–Trinajstić information content (AvgIpc) is 2.95. The quantitative estimate of drug-likeness (QED) is 0.324. The first-order chi connectivity index (χ1) is 20.1. The molecule has 42 heavy (non-hydrogen) atoms. The molecule has 5 atom stereocenters. The van der Waals surface area contributed by atoms with Crippen LogP contribution >= 0.6 is 0 Å². The van der Waals surface area contributed by atoms with Crippen molar-refractivity contribution in [2.45, 2.75) is 37.5 Å². The number of Topliss-reactive ketones (excluding diaryl/α,β-unsaturated/α-hetero) is 2. The van der Waals surface area contributed by atoms with Crippen molar-refractivity contribution >= 4 is 17.5 Å². The Hall–Kier alpha value is -3.77. The molecule has 11 heteroatoms. The predicted octanol–water partition coefficient (Wildman–Crippen LogP) is 1.25. The van der Waals surface area contributed by atoms with Crippen LogP contribution in [0.1, 0.15) is 34.3 Å². The van der Waals surface area contributed by atoms with Crippen molar-refractivity contribution in [3.63, 3.8) is 0 Å². The number of rotatable bonds is 5. The lowest BCUT2D eigenvalue weighted by molar-refractivity contribution is -0.167. The molecular formula is C31H34N2O9. The van der Waals surface area contributed by atoms with Crippen LogP contribution in [0.4, 0.5) is 0 Å². The summed E-state index contributed by atoms with van der Waals surface area (Å²) >= 11 is 0. The van der Waals surface area contributed by atoms with E-state index in [1.165, 1.54) is 6.07 Å². The molecule has 2 aromatic rings. The minimum absolute atomic E-state index is 0.0253. The number of nitrogens with two attached hydrogens (primary N) is 1. The summed E-state index contributed by atoms with van der Waals surface area (Å²) in [4.78, 5) is 41.4. The molecule has 0 radical (unpaired) electrons. The van der Waals surface area contributed by atoms with Crippen molar-refractivity contribution in [2.75, 3.05) is 33.4 Å². The van der Waals surface area contributed by atoms with Gasteiger partial charge in [-0.25, -0.2) is 0 Å². The Morgan fingerprint density at radius 3 is 2.55 bits per heavy atom. The molecule has 6 rings (SSSR count). The number of phenolic OH excluding ortho intramolecular Hbond substituents is 1.